The molecule has 0 aliphatic heterocycles. The Bertz CT molecular complexity index is 1000. The van der Waals surface area contributed by atoms with Crippen LogP contribution in [-0.4, -0.2) is 23.1 Å². The number of fused-ring (bicyclic) bond motifs is 1. The van der Waals surface area contributed by atoms with Crippen molar-refractivity contribution < 1.29 is 14.3 Å². The second kappa shape index (κ2) is 7.44. The highest BCUT2D eigenvalue weighted by Gasteiger charge is 2.13. The Morgan fingerprint density at radius 3 is 2.60 bits per heavy atom. The standard InChI is InChI=1S/C19H18N2O3S/c1-3-24-17(22)12-21-15-10-6-7-11-16(15)25-19(21)20-18(23)14-9-5-4-8-13(14)2/h4-11H,3,12H2,1-2H3. The van der Waals surface area contributed by atoms with Crippen LogP contribution in [-0.2, 0) is 16.1 Å². The fourth-order valence-corrected chi connectivity index (χ4v) is 3.58. The highest BCUT2D eigenvalue weighted by molar-refractivity contribution is 7.16. The molecule has 0 fully saturated rings. The first-order chi connectivity index (χ1) is 12.1. The van der Waals surface area contributed by atoms with Gasteiger partial charge < -0.3 is 9.30 Å². The zero-order valence-corrected chi connectivity index (χ0v) is 14.9. The molecule has 0 saturated carbocycles. The Labute approximate surface area is 149 Å². The zero-order valence-electron chi connectivity index (χ0n) is 14.1. The first kappa shape index (κ1) is 17.1. The van der Waals surface area contributed by atoms with Gasteiger partial charge >= 0.3 is 5.97 Å². The minimum absolute atomic E-state index is 0.0255. The molecule has 0 atom stereocenters. The summed E-state index contributed by atoms with van der Waals surface area (Å²) in [6.07, 6.45) is 0. The summed E-state index contributed by atoms with van der Waals surface area (Å²) in [6, 6.07) is 15.0. The number of hydrogen-bond acceptors (Lipinski definition) is 4. The van der Waals surface area contributed by atoms with Crippen LogP contribution in [0.1, 0.15) is 22.8 Å². The minimum atomic E-state index is -0.351. The Morgan fingerprint density at radius 1 is 1.12 bits per heavy atom. The third kappa shape index (κ3) is 3.69. The molecule has 0 radical (unpaired) electrons. The van der Waals surface area contributed by atoms with Gasteiger partial charge in [0.05, 0.1) is 16.8 Å². The van der Waals surface area contributed by atoms with E-state index in [4.69, 9.17) is 4.74 Å². The number of amides is 1. The summed E-state index contributed by atoms with van der Waals surface area (Å²) in [6.45, 7) is 3.98. The Morgan fingerprint density at radius 2 is 1.84 bits per heavy atom. The number of ether oxygens (including phenoxy) is 1. The summed E-state index contributed by atoms with van der Waals surface area (Å²) < 4.78 is 7.74. The number of carbonyl (C=O) groups is 2. The monoisotopic (exact) mass is 354 g/mol. The van der Waals surface area contributed by atoms with Gasteiger partial charge in [0, 0.05) is 5.56 Å². The van der Waals surface area contributed by atoms with Crippen molar-refractivity contribution >= 4 is 33.4 Å². The second-order valence-corrected chi connectivity index (χ2v) is 6.48. The SMILES string of the molecule is CCOC(=O)Cn1c(=NC(=O)c2ccccc2C)sc2ccccc21. The van der Waals surface area contributed by atoms with E-state index in [1.54, 1.807) is 17.6 Å². The van der Waals surface area contributed by atoms with Crippen molar-refractivity contribution in [2.75, 3.05) is 6.61 Å². The summed E-state index contributed by atoms with van der Waals surface area (Å²) in [5.41, 5.74) is 2.29. The second-order valence-electron chi connectivity index (χ2n) is 5.48. The molecule has 5 nitrogen and oxygen atoms in total. The van der Waals surface area contributed by atoms with E-state index in [-0.39, 0.29) is 18.4 Å². The van der Waals surface area contributed by atoms with Crippen LogP contribution >= 0.6 is 11.3 Å². The van der Waals surface area contributed by atoms with Crippen LogP contribution in [0.3, 0.4) is 0 Å². The molecule has 0 N–H and O–H groups in total. The van der Waals surface area contributed by atoms with Crippen LogP contribution in [0.5, 0.6) is 0 Å². The number of esters is 1. The van der Waals surface area contributed by atoms with E-state index in [0.717, 1.165) is 15.8 Å². The maximum absolute atomic E-state index is 12.6. The number of thiazole rings is 1. The van der Waals surface area contributed by atoms with Crippen molar-refractivity contribution in [2.45, 2.75) is 20.4 Å². The number of nitrogens with zero attached hydrogens (tertiary/aromatic N) is 2. The summed E-state index contributed by atoms with van der Waals surface area (Å²) >= 11 is 1.38. The zero-order chi connectivity index (χ0) is 17.8. The Balaban J connectivity index is 2.10. The minimum Gasteiger partial charge on any atom is -0.465 e. The Kier molecular flexibility index (Phi) is 5.09. The maximum Gasteiger partial charge on any atom is 0.326 e. The molecule has 128 valence electrons. The molecule has 3 aromatic rings. The molecular formula is C19H18N2O3S. The highest BCUT2D eigenvalue weighted by Crippen LogP contribution is 2.17. The predicted octanol–water partition coefficient (Wildman–Crippen LogP) is 3.32. The van der Waals surface area contributed by atoms with Gasteiger partial charge in [-0.2, -0.15) is 4.99 Å². The van der Waals surface area contributed by atoms with Crippen LogP contribution < -0.4 is 4.80 Å². The molecule has 25 heavy (non-hydrogen) atoms. The summed E-state index contributed by atoms with van der Waals surface area (Å²) in [4.78, 5) is 29.3. The molecule has 0 unspecified atom stereocenters. The third-order valence-electron chi connectivity index (χ3n) is 3.75. The van der Waals surface area contributed by atoms with Gasteiger partial charge in [0.15, 0.2) is 4.80 Å². The molecule has 0 bridgehead atoms. The fraction of sp³-hybridized carbons (Fsp3) is 0.211. The smallest absolute Gasteiger partial charge is 0.326 e. The first-order valence-corrected chi connectivity index (χ1v) is 8.80. The molecule has 0 aliphatic carbocycles. The van der Waals surface area contributed by atoms with Gasteiger partial charge in [0.25, 0.3) is 5.91 Å². The van der Waals surface area contributed by atoms with Gasteiger partial charge in [-0.15, -0.1) is 0 Å². The van der Waals surface area contributed by atoms with E-state index in [1.165, 1.54) is 11.3 Å². The fourth-order valence-electron chi connectivity index (χ4n) is 2.55. The van der Waals surface area contributed by atoms with Crippen LogP contribution in [0.4, 0.5) is 0 Å². The van der Waals surface area contributed by atoms with Crippen LogP contribution in [0, 0.1) is 6.92 Å². The summed E-state index contributed by atoms with van der Waals surface area (Å²) in [5, 5.41) is 0. The van der Waals surface area contributed by atoms with Gasteiger partial charge in [-0.05, 0) is 37.6 Å². The van der Waals surface area contributed by atoms with Gasteiger partial charge in [0.1, 0.15) is 6.54 Å². The first-order valence-electron chi connectivity index (χ1n) is 7.99. The van der Waals surface area contributed by atoms with Gasteiger partial charge in [-0.1, -0.05) is 41.7 Å². The molecular weight excluding hydrogens is 336 g/mol. The third-order valence-corrected chi connectivity index (χ3v) is 4.81. The number of para-hydroxylation sites is 1. The molecule has 1 heterocycles. The number of aromatic nitrogens is 1. The summed E-state index contributed by atoms with van der Waals surface area (Å²) in [7, 11) is 0. The van der Waals surface area contributed by atoms with Crippen LogP contribution in [0.15, 0.2) is 53.5 Å². The lowest BCUT2D eigenvalue weighted by Crippen LogP contribution is -2.23. The lowest BCUT2D eigenvalue weighted by atomic mass is 10.1. The molecule has 1 amide bonds. The van der Waals surface area contributed by atoms with E-state index >= 15 is 0 Å². The van der Waals surface area contributed by atoms with Gasteiger partial charge in [0.2, 0.25) is 0 Å². The van der Waals surface area contributed by atoms with Gasteiger partial charge in [-0.3, -0.25) is 9.59 Å². The van der Waals surface area contributed by atoms with E-state index in [9.17, 15) is 9.59 Å². The van der Waals surface area contributed by atoms with Crippen LogP contribution in [0.2, 0.25) is 0 Å². The average molecular weight is 354 g/mol. The van der Waals surface area contributed by atoms with Crippen molar-refractivity contribution in [3.8, 4) is 0 Å². The number of carbonyl (C=O) groups excluding carboxylic acids is 2. The van der Waals surface area contributed by atoms with Gasteiger partial charge in [-0.25, -0.2) is 0 Å². The van der Waals surface area contributed by atoms with Crippen molar-refractivity contribution in [3.63, 3.8) is 0 Å². The topological polar surface area (TPSA) is 60.7 Å². The van der Waals surface area contributed by atoms with Crippen LogP contribution in [0.25, 0.3) is 10.2 Å². The number of aryl methyl sites for hydroxylation is 1. The molecule has 0 saturated heterocycles. The van der Waals surface area contributed by atoms with E-state index < -0.39 is 0 Å². The predicted molar refractivity (Wildman–Crippen MR) is 97.5 cm³/mol. The Hall–Kier alpha value is -2.73. The maximum atomic E-state index is 12.6. The number of hydrogen-bond donors (Lipinski definition) is 0. The van der Waals surface area contributed by atoms with Crippen molar-refractivity contribution in [1.29, 1.82) is 0 Å². The molecule has 0 aliphatic rings. The lowest BCUT2D eigenvalue weighted by Gasteiger charge is -2.05. The number of rotatable bonds is 4. The number of benzene rings is 2. The lowest BCUT2D eigenvalue weighted by molar-refractivity contribution is -0.143. The van der Waals surface area contributed by atoms with Crippen molar-refractivity contribution in [3.05, 3.63) is 64.5 Å². The highest BCUT2D eigenvalue weighted by atomic mass is 32.1. The molecule has 0 spiro atoms. The molecule has 1 aromatic heterocycles. The normalized spacial score (nSPS) is 11.7. The van der Waals surface area contributed by atoms with Crippen molar-refractivity contribution in [1.82, 2.24) is 4.57 Å². The van der Waals surface area contributed by atoms with Crippen molar-refractivity contribution in [2.24, 2.45) is 4.99 Å². The largest absolute Gasteiger partial charge is 0.465 e. The molecule has 3 rings (SSSR count). The van der Waals surface area contributed by atoms with E-state index in [2.05, 4.69) is 4.99 Å². The molecule has 2 aromatic carbocycles. The average Bonchev–Trinajstić information content (AvgIpc) is 2.93. The molecule has 6 heteroatoms. The van der Waals surface area contributed by atoms with E-state index in [0.29, 0.717) is 17.0 Å². The summed E-state index contributed by atoms with van der Waals surface area (Å²) in [5.74, 6) is -0.668. The van der Waals surface area contributed by atoms with E-state index in [1.807, 2.05) is 49.4 Å². The quantitative estimate of drug-likeness (QED) is 0.675.